The molecule has 2 aliphatic rings. The Kier molecular flexibility index (Phi) is 2.15. The van der Waals surface area contributed by atoms with Crippen LogP contribution in [0.15, 0.2) is 0 Å². The van der Waals surface area contributed by atoms with Gasteiger partial charge in [0.25, 0.3) is 0 Å². The zero-order valence-electron chi connectivity index (χ0n) is 6.88. The van der Waals surface area contributed by atoms with E-state index in [1.54, 1.807) is 0 Å². The van der Waals surface area contributed by atoms with Crippen LogP contribution in [0.3, 0.4) is 0 Å². The summed E-state index contributed by atoms with van der Waals surface area (Å²) in [4.78, 5) is 0. The number of thioether (sulfide) groups is 1. The predicted octanol–water partition coefficient (Wildman–Crippen LogP) is 1.90. The Morgan fingerprint density at radius 2 is 2.27 bits per heavy atom. The van der Waals surface area contributed by atoms with Crippen molar-refractivity contribution >= 4 is 11.8 Å². The highest BCUT2D eigenvalue weighted by molar-refractivity contribution is 7.99. The summed E-state index contributed by atoms with van der Waals surface area (Å²) in [6.07, 6.45) is 5.26. The lowest BCUT2D eigenvalue weighted by molar-refractivity contribution is 0.188. The van der Waals surface area contributed by atoms with Gasteiger partial charge in [0.2, 0.25) is 0 Å². The number of hydrogen-bond acceptors (Lipinski definition) is 2. The molecule has 0 aromatic rings. The molecule has 11 heavy (non-hydrogen) atoms. The summed E-state index contributed by atoms with van der Waals surface area (Å²) in [6.45, 7) is 0.439. The lowest BCUT2D eigenvalue weighted by atomic mass is 9.92. The summed E-state index contributed by atoms with van der Waals surface area (Å²) >= 11 is 2.08. The minimum absolute atomic E-state index is 0.398. The summed E-state index contributed by atoms with van der Waals surface area (Å²) in [5.41, 5.74) is 0.398. The molecule has 1 saturated carbocycles. The molecule has 2 heteroatoms. The van der Waals surface area contributed by atoms with Crippen LogP contribution in [-0.4, -0.2) is 23.2 Å². The number of aliphatic hydroxyl groups excluding tert-OH is 1. The van der Waals surface area contributed by atoms with Gasteiger partial charge in [0.05, 0.1) is 0 Å². The summed E-state index contributed by atoms with van der Waals surface area (Å²) in [5, 5.41) is 9.11. The Morgan fingerprint density at radius 3 is 2.73 bits per heavy atom. The number of hydrogen-bond donors (Lipinski definition) is 1. The molecule has 1 aliphatic heterocycles. The second-order valence-corrected chi connectivity index (χ2v) is 5.24. The van der Waals surface area contributed by atoms with E-state index in [-0.39, 0.29) is 0 Å². The minimum Gasteiger partial charge on any atom is -0.396 e. The second-order valence-electron chi connectivity index (χ2n) is 4.09. The van der Waals surface area contributed by atoms with Crippen LogP contribution in [0.4, 0.5) is 0 Å². The maximum Gasteiger partial charge on any atom is 0.0487 e. The molecule has 0 aromatic carbocycles. The normalized spacial score (nSPS) is 34.1. The van der Waals surface area contributed by atoms with Crippen LogP contribution in [0.5, 0.6) is 0 Å². The predicted molar refractivity (Wildman–Crippen MR) is 48.8 cm³/mol. The molecule has 1 unspecified atom stereocenters. The van der Waals surface area contributed by atoms with Gasteiger partial charge in [-0.25, -0.2) is 0 Å². The molecule has 2 rings (SSSR count). The third-order valence-electron chi connectivity index (χ3n) is 3.04. The first-order valence-electron chi connectivity index (χ1n) is 4.53. The minimum atomic E-state index is 0.398. The Morgan fingerprint density at radius 1 is 1.45 bits per heavy atom. The van der Waals surface area contributed by atoms with Crippen molar-refractivity contribution in [3.8, 4) is 0 Å². The Balaban J connectivity index is 1.80. The highest BCUT2D eigenvalue weighted by Crippen LogP contribution is 2.51. The van der Waals surface area contributed by atoms with Gasteiger partial charge in [-0.05, 0) is 48.5 Å². The topological polar surface area (TPSA) is 20.2 Å². The van der Waals surface area contributed by atoms with Crippen LogP contribution in [0.25, 0.3) is 0 Å². The monoisotopic (exact) mass is 172 g/mol. The largest absolute Gasteiger partial charge is 0.396 e. The van der Waals surface area contributed by atoms with E-state index in [4.69, 9.17) is 5.11 Å². The van der Waals surface area contributed by atoms with E-state index in [0.29, 0.717) is 12.0 Å². The van der Waals surface area contributed by atoms with Crippen LogP contribution >= 0.6 is 11.8 Å². The Bertz CT molecular complexity index is 136. The van der Waals surface area contributed by atoms with Gasteiger partial charge in [0.15, 0.2) is 0 Å². The van der Waals surface area contributed by atoms with Crippen molar-refractivity contribution in [3.05, 3.63) is 0 Å². The summed E-state index contributed by atoms with van der Waals surface area (Å²) < 4.78 is 0. The molecule has 1 nitrogen and oxygen atoms in total. The zero-order chi connectivity index (χ0) is 7.73. The fourth-order valence-electron chi connectivity index (χ4n) is 1.96. The van der Waals surface area contributed by atoms with Crippen molar-refractivity contribution in [2.24, 2.45) is 11.3 Å². The van der Waals surface area contributed by atoms with Crippen molar-refractivity contribution < 1.29 is 5.11 Å². The van der Waals surface area contributed by atoms with Gasteiger partial charge in [-0.1, -0.05) is 0 Å². The number of aliphatic hydroxyl groups is 1. The van der Waals surface area contributed by atoms with Crippen LogP contribution in [0.1, 0.15) is 25.7 Å². The smallest absolute Gasteiger partial charge is 0.0487 e. The first-order valence-corrected chi connectivity index (χ1v) is 5.69. The van der Waals surface area contributed by atoms with Gasteiger partial charge in [-0.3, -0.25) is 0 Å². The Labute approximate surface area is 72.6 Å². The molecular formula is C9H16OS. The lowest BCUT2D eigenvalue weighted by Crippen LogP contribution is -2.12. The molecule has 0 radical (unpaired) electrons. The molecule has 1 aliphatic carbocycles. The molecule has 1 N–H and O–H groups in total. The van der Waals surface area contributed by atoms with E-state index in [0.717, 1.165) is 5.92 Å². The SMILES string of the molecule is OCC1(CC2CCSC2)CC1. The van der Waals surface area contributed by atoms with Gasteiger partial charge in [0, 0.05) is 6.61 Å². The molecule has 64 valence electrons. The summed E-state index contributed by atoms with van der Waals surface area (Å²) in [7, 11) is 0. The number of rotatable bonds is 3. The van der Waals surface area contributed by atoms with E-state index >= 15 is 0 Å². The van der Waals surface area contributed by atoms with Crippen LogP contribution < -0.4 is 0 Å². The standard InChI is InChI=1S/C9H16OS/c10-7-9(2-3-9)5-8-1-4-11-6-8/h8,10H,1-7H2. The van der Waals surface area contributed by atoms with Gasteiger partial charge in [0.1, 0.15) is 0 Å². The van der Waals surface area contributed by atoms with Crippen LogP contribution in [0, 0.1) is 11.3 Å². The summed E-state index contributed by atoms with van der Waals surface area (Å²) in [6, 6.07) is 0. The maximum atomic E-state index is 9.11. The quantitative estimate of drug-likeness (QED) is 0.701. The Hall–Kier alpha value is 0.310. The van der Waals surface area contributed by atoms with Gasteiger partial charge in [-0.2, -0.15) is 11.8 Å². The summed E-state index contributed by atoms with van der Waals surface area (Å²) in [5.74, 6) is 3.63. The lowest BCUT2D eigenvalue weighted by Gasteiger charge is -2.15. The highest BCUT2D eigenvalue weighted by Gasteiger charge is 2.43. The van der Waals surface area contributed by atoms with Gasteiger partial charge < -0.3 is 5.11 Å². The molecule has 0 bridgehead atoms. The first kappa shape index (κ1) is 7.93. The van der Waals surface area contributed by atoms with Crippen molar-refractivity contribution in [1.82, 2.24) is 0 Å². The first-order chi connectivity index (χ1) is 5.35. The molecule has 1 atom stereocenters. The highest BCUT2D eigenvalue weighted by atomic mass is 32.2. The van der Waals surface area contributed by atoms with Crippen molar-refractivity contribution in [3.63, 3.8) is 0 Å². The second kappa shape index (κ2) is 2.98. The molecule has 0 aromatic heterocycles. The zero-order valence-corrected chi connectivity index (χ0v) is 7.70. The van der Waals surface area contributed by atoms with E-state index in [1.165, 1.54) is 37.2 Å². The molecule has 1 heterocycles. The fraction of sp³-hybridized carbons (Fsp3) is 1.00. The molecular weight excluding hydrogens is 156 g/mol. The average molecular weight is 172 g/mol. The fourth-order valence-corrected chi connectivity index (χ4v) is 3.24. The van der Waals surface area contributed by atoms with Crippen molar-refractivity contribution in [2.75, 3.05) is 18.1 Å². The molecule has 2 fully saturated rings. The van der Waals surface area contributed by atoms with Crippen molar-refractivity contribution in [1.29, 1.82) is 0 Å². The molecule has 0 amide bonds. The van der Waals surface area contributed by atoms with E-state index in [2.05, 4.69) is 11.8 Å². The van der Waals surface area contributed by atoms with Crippen LogP contribution in [0.2, 0.25) is 0 Å². The van der Waals surface area contributed by atoms with Crippen molar-refractivity contribution in [2.45, 2.75) is 25.7 Å². The average Bonchev–Trinajstić information content (AvgIpc) is 2.59. The van der Waals surface area contributed by atoms with E-state index in [9.17, 15) is 0 Å². The van der Waals surface area contributed by atoms with Gasteiger partial charge >= 0.3 is 0 Å². The maximum absolute atomic E-state index is 9.11. The van der Waals surface area contributed by atoms with E-state index < -0.39 is 0 Å². The molecule has 0 spiro atoms. The van der Waals surface area contributed by atoms with E-state index in [1.807, 2.05) is 0 Å². The third kappa shape index (κ3) is 1.73. The van der Waals surface area contributed by atoms with Crippen LogP contribution in [-0.2, 0) is 0 Å². The van der Waals surface area contributed by atoms with Gasteiger partial charge in [-0.15, -0.1) is 0 Å². The third-order valence-corrected chi connectivity index (χ3v) is 4.27. The molecule has 1 saturated heterocycles.